The van der Waals surface area contributed by atoms with Crippen LogP contribution in [0.2, 0.25) is 20.1 Å². The summed E-state index contributed by atoms with van der Waals surface area (Å²) in [7, 11) is 2.52. The Bertz CT molecular complexity index is 3660. The fraction of sp³-hybridized carbons (Fsp3) is 0.167. The highest BCUT2D eigenvalue weighted by molar-refractivity contribution is 6.61. The summed E-state index contributed by atoms with van der Waals surface area (Å²) in [5.74, 6) is -1.36. The van der Waals surface area contributed by atoms with Gasteiger partial charge in [-0.05, 0) is 120 Å². The van der Waals surface area contributed by atoms with Gasteiger partial charge in [-0.2, -0.15) is 10.2 Å². The molecule has 3 amide bonds. The van der Waals surface area contributed by atoms with Gasteiger partial charge in [0.2, 0.25) is 0 Å². The van der Waals surface area contributed by atoms with Crippen LogP contribution in [0, 0.1) is 11.6 Å². The molecule has 0 saturated heterocycles. The number of rotatable bonds is 10. The van der Waals surface area contributed by atoms with Gasteiger partial charge < -0.3 is 25.4 Å². The quantitative estimate of drug-likeness (QED) is 0.113. The van der Waals surface area contributed by atoms with Crippen molar-refractivity contribution in [1.82, 2.24) is 40.4 Å². The summed E-state index contributed by atoms with van der Waals surface area (Å²) in [5.41, 5.74) is 8.48. The maximum atomic E-state index is 13.7. The number of hydrogen-bond donors (Lipinski definition) is 3. The van der Waals surface area contributed by atoms with Crippen LogP contribution in [0.25, 0.3) is 34.7 Å². The molecule has 0 fully saturated rings. The van der Waals surface area contributed by atoms with Crippen molar-refractivity contribution in [3.63, 3.8) is 0 Å². The lowest BCUT2D eigenvalue weighted by molar-refractivity contribution is 0.0923. The van der Waals surface area contributed by atoms with Crippen molar-refractivity contribution in [3.8, 4) is 11.4 Å². The average molecular weight is 1200 g/mol. The van der Waals surface area contributed by atoms with Gasteiger partial charge in [0, 0.05) is 45.9 Å². The first-order chi connectivity index (χ1) is 38.9. The largest absolute Gasteiger partial charge is 0.457 e. The minimum Gasteiger partial charge on any atom is -0.457 e. The standard InChI is InChI=1S/C30H25Cl2FN4O3.C28H23Cl2FN4O.C2H3ClO2/c1-18(20-6-4-3-5-7-20)34-29(38)27-24-17-36(30(39)40-2)16-21(14-19-8-11-23(33)12-9-19)28(24)37(35-27)26-13-10-22(31)15-25(26)32;1-17(19-5-3-2-4-6-19)33-28(36)26-23-16-32-15-20(13-18-7-10-22(31)11-8-18)27(23)35(34-26)25-12-9-21(29)14-24(25)30;1-5-2(3)4/h3-15,18H,16-17H2,1-2H3,(H,34,38);2-14,17,32H,15-16H2,1H3,(H,33,36);1H3/b21-14+;20-13+;/t18-;17-;/m11./s1. The zero-order valence-corrected chi connectivity index (χ0v) is 47.6. The second kappa shape index (κ2) is 27.1. The Balaban J connectivity index is 0.000000197. The van der Waals surface area contributed by atoms with E-state index in [0.29, 0.717) is 72.6 Å². The van der Waals surface area contributed by atoms with Gasteiger partial charge in [-0.15, -0.1) is 0 Å². The number of aromatic nitrogens is 4. The van der Waals surface area contributed by atoms with Gasteiger partial charge in [-0.1, -0.05) is 131 Å². The third kappa shape index (κ3) is 14.6. The minimum absolute atomic E-state index is 0.0798. The third-order valence-electron chi connectivity index (χ3n) is 12.9. The van der Waals surface area contributed by atoms with Gasteiger partial charge >= 0.3 is 11.5 Å². The number of halogens is 7. The van der Waals surface area contributed by atoms with E-state index in [1.54, 1.807) is 70.0 Å². The first-order valence-electron chi connectivity index (χ1n) is 25.0. The Morgan fingerprint density at radius 3 is 1.44 bits per heavy atom. The third-order valence-corrected chi connectivity index (χ3v) is 14.1. The average Bonchev–Trinajstić information content (AvgIpc) is 4.12. The lowest BCUT2D eigenvalue weighted by Crippen LogP contribution is -2.36. The van der Waals surface area contributed by atoms with E-state index in [1.807, 2.05) is 86.7 Å². The molecule has 10 rings (SSSR count). The van der Waals surface area contributed by atoms with Crippen LogP contribution < -0.4 is 16.0 Å². The van der Waals surface area contributed by atoms with Crippen molar-refractivity contribution in [2.24, 2.45) is 0 Å². The van der Waals surface area contributed by atoms with Crippen molar-refractivity contribution in [2.75, 3.05) is 27.3 Å². The molecule has 2 aliphatic rings. The molecule has 0 radical (unpaired) electrons. The number of methoxy groups -OCH3 is 2. The molecular weight excluding hydrogens is 1140 g/mol. The maximum Gasteiger partial charge on any atom is 0.410 e. The zero-order valence-electron chi connectivity index (χ0n) is 43.8. The highest BCUT2D eigenvalue weighted by Crippen LogP contribution is 2.37. The number of carbonyl (C=O) groups excluding carboxylic acids is 4. The Labute approximate surface area is 490 Å². The summed E-state index contributed by atoms with van der Waals surface area (Å²) < 4.78 is 39.3. The van der Waals surface area contributed by atoms with E-state index >= 15 is 0 Å². The summed E-state index contributed by atoms with van der Waals surface area (Å²) >= 11 is 30.1. The molecule has 4 heterocycles. The van der Waals surface area contributed by atoms with E-state index in [0.717, 1.165) is 33.5 Å². The van der Waals surface area contributed by atoms with Crippen molar-refractivity contribution in [1.29, 1.82) is 0 Å². The summed E-state index contributed by atoms with van der Waals surface area (Å²) in [6.45, 7) is 5.07. The molecule has 3 N–H and O–H groups in total. The molecule has 0 spiro atoms. The molecule has 2 atom stereocenters. The molecular formula is C60H51Cl5F2N8O6. The zero-order chi connectivity index (χ0) is 57.9. The minimum atomic E-state index is -0.773. The Morgan fingerprint density at radius 1 is 0.580 bits per heavy atom. The van der Waals surface area contributed by atoms with E-state index in [-0.39, 0.29) is 48.4 Å². The fourth-order valence-corrected chi connectivity index (χ4v) is 10.00. The van der Waals surface area contributed by atoms with E-state index < -0.39 is 17.4 Å². The van der Waals surface area contributed by atoms with Crippen LogP contribution in [0.5, 0.6) is 0 Å². The van der Waals surface area contributed by atoms with Crippen molar-refractivity contribution >= 4 is 105 Å². The summed E-state index contributed by atoms with van der Waals surface area (Å²) in [6, 6.07) is 41.2. The molecule has 0 aliphatic carbocycles. The lowest BCUT2D eigenvalue weighted by atomic mass is 9.97. The SMILES string of the molecule is COC(=O)Cl.COC(=O)N1C/C(=C\c2ccc(F)cc2)c2c(c(C(=O)N[C@H](C)c3ccccc3)nn2-c2ccc(Cl)cc2Cl)C1.C[C@@H](NC(=O)c1nn(-c2ccc(Cl)cc2Cl)c2c1CNC/C2=C\c1ccc(F)cc1)c1ccccc1. The normalized spacial score (nSPS) is 14.2. The Morgan fingerprint density at radius 2 is 1.01 bits per heavy atom. The van der Waals surface area contributed by atoms with Gasteiger partial charge in [-0.25, -0.2) is 27.7 Å². The number of amides is 3. The number of nitrogens with zero attached hydrogens (tertiary/aromatic N) is 5. The van der Waals surface area contributed by atoms with E-state index in [4.69, 9.17) is 61.3 Å². The van der Waals surface area contributed by atoms with Crippen LogP contribution in [0.15, 0.2) is 146 Å². The molecule has 81 heavy (non-hydrogen) atoms. The Hall–Kier alpha value is -7.83. The van der Waals surface area contributed by atoms with Crippen molar-refractivity contribution < 1.29 is 37.4 Å². The van der Waals surface area contributed by atoms with E-state index in [9.17, 15) is 28.0 Å². The van der Waals surface area contributed by atoms with Crippen molar-refractivity contribution in [3.05, 3.63) is 233 Å². The van der Waals surface area contributed by atoms with Gasteiger partial charge in [0.25, 0.3) is 11.8 Å². The molecule has 21 heteroatoms. The molecule has 6 aromatic carbocycles. The molecule has 0 bridgehead atoms. The second-order valence-corrected chi connectivity index (χ2v) is 20.4. The monoisotopic (exact) mass is 1190 g/mol. The van der Waals surface area contributed by atoms with Crippen LogP contribution in [0.4, 0.5) is 18.4 Å². The van der Waals surface area contributed by atoms with Crippen LogP contribution >= 0.6 is 58.0 Å². The van der Waals surface area contributed by atoms with Gasteiger partial charge in [-0.3, -0.25) is 14.5 Å². The second-order valence-electron chi connectivity index (χ2n) is 18.4. The van der Waals surface area contributed by atoms with Crippen LogP contribution in [0.1, 0.15) is 91.7 Å². The molecule has 0 unspecified atom stereocenters. The highest BCUT2D eigenvalue weighted by atomic mass is 35.5. The number of carbonyl (C=O) groups is 4. The maximum absolute atomic E-state index is 13.7. The topological polar surface area (TPSA) is 162 Å². The van der Waals surface area contributed by atoms with Gasteiger partial charge in [0.1, 0.15) is 11.6 Å². The van der Waals surface area contributed by atoms with Crippen molar-refractivity contribution in [2.45, 2.75) is 39.0 Å². The van der Waals surface area contributed by atoms with E-state index in [1.165, 1.54) is 43.4 Å². The number of fused-ring (bicyclic) bond motifs is 2. The van der Waals surface area contributed by atoms with Crippen LogP contribution in [-0.4, -0.2) is 75.1 Å². The summed E-state index contributed by atoms with van der Waals surface area (Å²) in [5, 5.41) is 20.6. The smallest absolute Gasteiger partial charge is 0.410 e. The summed E-state index contributed by atoms with van der Waals surface area (Å²) in [6.07, 6.45) is 3.22. The lowest BCUT2D eigenvalue weighted by Gasteiger charge is -2.29. The number of ether oxygens (including phenoxy) is 2. The number of hydrogen-bond acceptors (Lipinski definition) is 9. The first kappa shape index (κ1) is 59.3. The van der Waals surface area contributed by atoms with Gasteiger partial charge in [0.05, 0.1) is 72.2 Å². The highest BCUT2D eigenvalue weighted by Gasteiger charge is 2.35. The predicted molar refractivity (Wildman–Crippen MR) is 313 cm³/mol. The van der Waals surface area contributed by atoms with Gasteiger partial charge in [0.15, 0.2) is 11.4 Å². The molecule has 8 aromatic rings. The predicted octanol–water partition coefficient (Wildman–Crippen LogP) is 14.4. The molecule has 14 nitrogen and oxygen atoms in total. The Kier molecular flexibility index (Phi) is 19.8. The molecule has 416 valence electrons. The first-order valence-corrected chi connectivity index (χ1v) is 26.9. The molecule has 0 saturated carbocycles. The van der Waals surface area contributed by atoms with Crippen LogP contribution in [0.3, 0.4) is 0 Å². The molecule has 2 aliphatic heterocycles. The number of benzene rings is 6. The fourth-order valence-electron chi connectivity index (χ4n) is 9.02. The number of nitrogens with one attached hydrogen (secondary N) is 3. The molecule has 2 aromatic heterocycles. The van der Waals surface area contributed by atoms with Crippen LogP contribution in [-0.2, 0) is 22.6 Å². The summed E-state index contributed by atoms with van der Waals surface area (Å²) in [4.78, 5) is 50.7. The van der Waals surface area contributed by atoms with E-state index in [2.05, 4.69) is 32.3 Å².